The van der Waals surface area contributed by atoms with Gasteiger partial charge in [0.25, 0.3) is 5.91 Å². The lowest BCUT2D eigenvalue weighted by Crippen LogP contribution is -2.50. The number of aryl methyl sites for hydroxylation is 1. The van der Waals surface area contributed by atoms with Gasteiger partial charge in [-0.3, -0.25) is 29.9 Å². The van der Waals surface area contributed by atoms with Crippen LogP contribution < -0.4 is 16.0 Å². The highest BCUT2D eigenvalue weighted by molar-refractivity contribution is 6.08. The Kier molecular flexibility index (Phi) is 5.81. The van der Waals surface area contributed by atoms with Gasteiger partial charge in [0, 0.05) is 30.8 Å². The third kappa shape index (κ3) is 4.64. The number of urea groups is 1. The van der Waals surface area contributed by atoms with Gasteiger partial charge in [-0.1, -0.05) is 25.1 Å². The second-order valence-corrected chi connectivity index (χ2v) is 7.81. The van der Waals surface area contributed by atoms with E-state index in [4.69, 9.17) is 0 Å². The normalized spacial score (nSPS) is 18.3. The summed E-state index contributed by atoms with van der Waals surface area (Å²) in [7, 11) is 0. The zero-order chi connectivity index (χ0) is 22.0. The summed E-state index contributed by atoms with van der Waals surface area (Å²) in [6, 6.07) is 11.7. The Morgan fingerprint density at radius 1 is 1.06 bits per heavy atom. The molecule has 8 heteroatoms. The van der Waals surface area contributed by atoms with Crippen LogP contribution in [0.2, 0.25) is 0 Å². The number of carbonyl (C=O) groups excluding carboxylic acids is 4. The minimum absolute atomic E-state index is 0.239. The van der Waals surface area contributed by atoms with Crippen LogP contribution in [0.15, 0.2) is 42.5 Å². The van der Waals surface area contributed by atoms with Gasteiger partial charge in [0.05, 0.1) is 6.04 Å². The lowest BCUT2D eigenvalue weighted by molar-refractivity contribution is -0.137. The topological polar surface area (TPSA) is 108 Å². The standard InChI is InChI=1S/C23H24N4O4/c1-2-14-3-7-18(8-4-14)24-23(31)26-21(29)15-5-6-16-12-27(13-17(16)11-15)19-9-10-20(28)25-22(19)30/h3-8,11,19H,2,9-10,12-13H2,1H3,(H,25,28,30)(H2,24,26,29,31). The van der Waals surface area contributed by atoms with Crippen LogP contribution in [0, 0.1) is 0 Å². The SMILES string of the molecule is CCc1ccc(NC(=O)NC(=O)c2ccc3c(c2)CN(C2CCC(=O)NC2=O)C3)cc1. The molecule has 2 heterocycles. The molecule has 1 atom stereocenters. The molecule has 1 saturated heterocycles. The number of nitrogens with zero attached hydrogens (tertiary/aromatic N) is 1. The molecule has 2 aliphatic heterocycles. The van der Waals surface area contributed by atoms with Crippen LogP contribution in [0.4, 0.5) is 10.5 Å². The molecular weight excluding hydrogens is 396 g/mol. The fraction of sp³-hybridized carbons (Fsp3) is 0.304. The van der Waals surface area contributed by atoms with Gasteiger partial charge in [-0.15, -0.1) is 0 Å². The van der Waals surface area contributed by atoms with E-state index in [1.54, 1.807) is 24.3 Å². The van der Waals surface area contributed by atoms with Crippen LogP contribution >= 0.6 is 0 Å². The van der Waals surface area contributed by atoms with Crippen LogP contribution in [0.25, 0.3) is 0 Å². The number of fused-ring (bicyclic) bond motifs is 1. The van der Waals surface area contributed by atoms with E-state index < -0.39 is 11.9 Å². The summed E-state index contributed by atoms with van der Waals surface area (Å²) in [5, 5.41) is 7.38. The van der Waals surface area contributed by atoms with Crippen molar-refractivity contribution in [3.05, 3.63) is 64.7 Å². The van der Waals surface area contributed by atoms with Crippen molar-refractivity contribution in [1.29, 1.82) is 0 Å². The van der Waals surface area contributed by atoms with E-state index in [2.05, 4.69) is 22.9 Å². The van der Waals surface area contributed by atoms with Crippen molar-refractivity contribution in [2.75, 3.05) is 5.32 Å². The van der Waals surface area contributed by atoms with Gasteiger partial charge in [0.1, 0.15) is 0 Å². The highest BCUT2D eigenvalue weighted by Crippen LogP contribution is 2.28. The zero-order valence-corrected chi connectivity index (χ0v) is 17.2. The lowest BCUT2D eigenvalue weighted by atomic mass is 10.0. The molecule has 2 aromatic carbocycles. The first-order chi connectivity index (χ1) is 14.9. The third-order valence-electron chi connectivity index (χ3n) is 5.71. The highest BCUT2D eigenvalue weighted by atomic mass is 16.2. The van der Waals surface area contributed by atoms with Crippen molar-refractivity contribution in [3.8, 4) is 0 Å². The number of piperidine rings is 1. The van der Waals surface area contributed by atoms with Crippen molar-refractivity contribution in [2.45, 2.75) is 45.3 Å². The summed E-state index contributed by atoms with van der Waals surface area (Å²) < 4.78 is 0. The van der Waals surface area contributed by atoms with E-state index in [0.29, 0.717) is 37.2 Å². The lowest BCUT2D eigenvalue weighted by Gasteiger charge is -2.29. The predicted molar refractivity (Wildman–Crippen MR) is 114 cm³/mol. The molecule has 4 rings (SSSR count). The molecule has 0 bridgehead atoms. The fourth-order valence-corrected chi connectivity index (χ4v) is 3.97. The Morgan fingerprint density at radius 3 is 2.52 bits per heavy atom. The first kappa shape index (κ1) is 20.7. The number of hydrogen-bond donors (Lipinski definition) is 3. The molecule has 5 amide bonds. The maximum atomic E-state index is 12.5. The van der Waals surface area contributed by atoms with Crippen molar-refractivity contribution < 1.29 is 19.2 Å². The zero-order valence-electron chi connectivity index (χ0n) is 17.2. The Bertz CT molecular complexity index is 1050. The van der Waals surface area contributed by atoms with E-state index in [9.17, 15) is 19.2 Å². The van der Waals surface area contributed by atoms with E-state index >= 15 is 0 Å². The first-order valence-electron chi connectivity index (χ1n) is 10.3. The van der Waals surface area contributed by atoms with Gasteiger partial charge in [0.15, 0.2) is 0 Å². The molecular formula is C23H24N4O4. The Hall–Kier alpha value is -3.52. The molecule has 2 aromatic rings. The molecule has 0 saturated carbocycles. The number of imide groups is 2. The number of hydrogen-bond acceptors (Lipinski definition) is 5. The summed E-state index contributed by atoms with van der Waals surface area (Å²) >= 11 is 0. The average Bonchev–Trinajstić information content (AvgIpc) is 3.17. The summed E-state index contributed by atoms with van der Waals surface area (Å²) in [6.45, 7) is 3.14. The number of amides is 5. The monoisotopic (exact) mass is 420 g/mol. The average molecular weight is 420 g/mol. The van der Waals surface area contributed by atoms with Crippen molar-refractivity contribution >= 4 is 29.4 Å². The van der Waals surface area contributed by atoms with Gasteiger partial charge in [-0.2, -0.15) is 0 Å². The molecule has 3 N–H and O–H groups in total. The molecule has 0 spiro atoms. The molecule has 0 aliphatic carbocycles. The second kappa shape index (κ2) is 8.69. The third-order valence-corrected chi connectivity index (χ3v) is 5.71. The predicted octanol–water partition coefficient (Wildman–Crippen LogP) is 2.33. The summed E-state index contributed by atoms with van der Waals surface area (Å²) in [4.78, 5) is 50.2. The number of benzene rings is 2. The molecule has 0 aromatic heterocycles. The Balaban J connectivity index is 1.37. The number of anilines is 1. The molecule has 1 unspecified atom stereocenters. The van der Waals surface area contributed by atoms with Gasteiger partial charge in [-0.05, 0) is 53.8 Å². The van der Waals surface area contributed by atoms with Gasteiger partial charge < -0.3 is 5.32 Å². The number of carbonyl (C=O) groups is 4. The Morgan fingerprint density at radius 2 is 1.81 bits per heavy atom. The Labute approximate surface area is 180 Å². The van der Waals surface area contributed by atoms with Crippen molar-refractivity contribution in [1.82, 2.24) is 15.5 Å². The van der Waals surface area contributed by atoms with Gasteiger partial charge in [0.2, 0.25) is 11.8 Å². The largest absolute Gasteiger partial charge is 0.326 e. The fourth-order valence-electron chi connectivity index (χ4n) is 3.97. The molecule has 31 heavy (non-hydrogen) atoms. The van der Waals surface area contributed by atoms with Gasteiger partial charge in [-0.25, -0.2) is 4.79 Å². The number of nitrogens with one attached hydrogen (secondary N) is 3. The molecule has 160 valence electrons. The molecule has 0 radical (unpaired) electrons. The van der Waals surface area contributed by atoms with Crippen molar-refractivity contribution in [2.24, 2.45) is 0 Å². The molecule has 8 nitrogen and oxygen atoms in total. The summed E-state index contributed by atoms with van der Waals surface area (Å²) in [5.41, 5.74) is 4.11. The van der Waals surface area contributed by atoms with E-state index in [0.717, 1.165) is 23.1 Å². The number of rotatable bonds is 4. The van der Waals surface area contributed by atoms with Crippen LogP contribution in [-0.2, 0) is 29.1 Å². The second-order valence-electron chi connectivity index (χ2n) is 7.81. The molecule has 2 aliphatic rings. The van der Waals surface area contributed by atoms with E-state index in [1.807, 2.05) is 23.1 Å². The highest BCUT2D eigenvalue weighted by Gasteiger charge is 2.34. The van der Waals surface area contributed by atoms with E-state index in [-0.39, 0.29) is 17.9 Å². The van der Waals surface area contributed by atoms with Crippen LogP contribution in [0.3, 0.4) is 0 Å². The maximum absolute atomic E-state index is 12.5. The van der Waals surface area contributed by atoms with Crippen LogP contribution in [-0.4, -0.2) is 34.7 Å². The smallest absolute Gasteiger partial charge is 0.308 e. The van der Waals surface area contributed by atoms with E-state index in [1.165, 1.54) is 0 Å². The minimum Gasteiger partial charge on any atom is -0.308 e. The van der Waals surface area contributed by atoms with Crippen LogP contribution in [0.5, 0.6) is 0 Å². The quantitative estimate of drug-likeness (QED) is 0.658. The minimum atomic E-state index is -0.597. The first-order valence-corrected chi connectivity index (χ1v) is 10.3. The van der Waals surface area contributed by atoms with Gasteiger partial charge >= 0.3 is 6.03 Å². The molecule has 1 fully saturated rings. The maximum Gasteiger partial charge on any atom is 0.326 e. The van der Waals surface area contributed by atoms with Crippen molar-refractivity contribution in [3.63, 3.8) is 0 Å². The summed E-state index contributed by atoms with van der Waals surface area (Å²) in [5.74, 6) is -1.01. The summed E-state index contributed by atoms with van der Waals surface area (Å²) in [6.07, 6.45) is 1.73. The van der Waals surface area contributed by atoms with Crippen LogP contribution in [0.1, 0.15) is 46.8 Å².